The Morgan fingerprint density at radius 3 is 2.83 bits per heavy atom. The van der Waals surface area contributed by atoms with Crippen LogP contribution in [0, 0.1) is 0 Å². The Hall–Kier alpha value is -1.98. The van der Waals surface area contributed by atoms with E-state index in [1.54, 1.807) is 12.1 Å². The maximum absolute atomic E-state index is 13.0. The quantitative estimate of drug-likeness (QED) is 0.907. The minimum absolute atomic E-state index is 0.0948. The van der Waals surface area contributed by atoms with E-state index in [9.17, 15) is 14.7 Å². The van der Waals surface area contributed by atoms with Crippen molar-refractivity contribution < 1.29 is 24.2 Å². The van der Waals surface area contributed by atoms with Crippen LogP contribution in [0.1, 0.15) is 46.9 Å². The Balaban J connectivity index is 1.92. The number of ketones is 2. The number of ether oxygens (including phenoxy) is 2. The third kappa shape index (κ3) is 2.00. The molecule has 4 rings (SSSR count). The summed E-state index contributed by atoms with van der Waals surface area (Å²) in [6.07, 6.45) is 1.21. The van der Waals surface area contributed by atoms with Gasteiger partial charge in [0.1, 0.15) is 11.9 Å². The fraction of sp³-hybridized carbons (Fsp3) is 0.444. The van der Waals surface area contributed by atoms with E-state index in [4.69, 9.17) is 9.47 Å². The molecule has 1 N–H and O–H groups in total. The van der Waals surface area contributed by atoms with Crippen molar-refractivity contribution in [3.8, 4) is 5.75 Å². The molecule has 0 bridgehead atoms. The SMILES string of the molecule is CCC[C@@H]1O[C@@H]2CCO[C@@H]2C2=C1C(=O)c1c(O)cccc1C2=O. The molecule has 3 aliphatic rings. The van der Waals surface area contributed by atoms with Crippen LogP contribution >= 0.6 is 0 Å². The van der Waals surface area contributed by atoms with Gasteiger partial charge in [-0.1, -0.05) is 25.5 Å². The first-order valence-corrected chi connectivity index (χ1v) is 8.06. The summed E-state index contributed by atoms with van der Waals surface area (Å²) in [4.78, 5) is 26.0. The lowest BCUT2D eigenvalue weighted by molar-refractivity contribution is -0.0424. The van der Waals surface area contributed by atoms with E-state index < -0.39 is 12.2 Å². The van der Waals surface area contributed by atoms with E-state index in [-0.39, 0.29) is 34.5 Å². The van der Waals surface area contributed by atoms with Gasteiger partial charge in [-0.3, -0.25) is 9.59 Å². The van der Waals surface area contributed by atoms with Crippen molar-refractivity contribution in [2.75, 3.05) is 6.61 Å². The standard InChI is InChI=1S/C18H18O5/c1-2-4-11-14-15(18-12(23-11)7-8-22-18)16(20)9-5-3-6-10(19)13(9)17(14)21/h3,5-6,11-12,18-19H,2,4,7-8H2,1H3/t11-,12+,18-/m0/s1. The maximum atomic E-state index is 13.0. The molecule has 1 saturated heterocycles. The fourth-order valence-electron chi connectivity index (χ4n) is 3.83. The second-order valence-corrected chi connectivity index (χ2v) is 6.22. The summed E-state index contributed by atoms with van der Waals surface area (Å²) in [5, 5.41) is 10.1. The molecule has 23 heavy (non-hydrogen) atoms. The number of hydrogen-bond donors (Lipinski definition) is 1. The van der Waals surface area contributed by atoms with Crippen molar-refractivity contribution in [1.82, 2.24) is 0 Å². The molecule has 0 saturated carbocycles. The topological polar surface area (TPSA) is 72.8 Å². The van der Waals surface area contributed by atoms with Gasteiger partial charge in [-0.2, -0.15) is 0 Å². The maximum Gasteiger partial charge on any atom is 0.196 e. The van der Waals surface area contributed by atoms with Crippen LogP contribution < -0.4 is 0 Å². The van der Waals surface area contributed by atoms with Gasteiger partial charge in [0.2, 0.25) is 0 Å². The molecule has 2 heterocycles. The van der Waals surface area contributed by atoms with Crippen LogP contribution in [-0.2, 0) is 9.47 Å². The van der Waals surface area contributed by atoms with Crippen LogP contribution in [0.2, 0.25) is 0 Å². The molecular weight excluding hydrogens is 296 g/mol. The molecule has 1 aliphatic carbocycles. The number of hydrogen-bond acceptors (Lipinski definition) is 5. The normalized spacial score (nSPS) is 29.3. The Labute approximate surface area is 133 Å². The lowest BCUT2D eigenvalue weighted by Gasteiger charge is -2.37. The predicted octanol–water partition coefficient (Wildman–Crippen LogP) is 2.42. The minimum Gasteiger partial charge on any atom is -0.507 e. The molecule has 0 amide bonds. The number of rotatable bonds is 2. The molecule has 5 heteroatoms. The zero-order chi connectivity index (χ0) is 16.1. The molecule has 0 aromatic heterocycles. The van der Waals surface area contributed by atoms with Crippen molar-refractivity contribution in [2.45, 2.75) is 44.5 Å². The second kappa shape index (κ2) is 5.28. The number of carbonyl (C=O) groups is 2. The van der Waals surface area contributed by atoms with Gasteiger partial charge in [-0.25, -0.2) is 0 Å². The smallest absolute Gasteiger partial charge is 0.196 e. The fourth-order valence-corrected chi connectivity index (χ4v) is 3.83. The van der Waals surface area contributed by atoms with Crippen LogP contribution in [0.25, 0.3) is 0 Å². The van der Waals surface area contributed by atoms with Crippen LogP contribution in [0.3, 0.4) is 0 Å². The molecule has 2 aliphatic heterocycles. The highest BCUT2D eigenvalue weighted by molar-refractivity contribution is 6.28. The first kappa shape index (κ1) is 14.6. The van der Waals surface area contributed by atoms with Crippen molar-refractivity contribution in [3.05, 3.63) is 40.5 Å². The van der Waals surface area contributed by atoms with E-state index in [1.807, 2.05) is 6.92 Å². The van der Waals surface area contributed by atoms with Gasteiger partial charge >= 0.3 is 0 Å². The van der Waals surface area contributed by atoms with E-state index in [0.717, 1.165) is 12.8 Å². The number of phenols is 1. The summed E-state index contributed by atoms with van der Waals surface area (Å²) >= 11 is 0. The Morgan fingerprint density at radius 1 is 1.22 bits per heavy atom. The largest absolute Gasteiger partial charge is 0.507 e. The molecule has 0 radical (unpaired) electrons. The van der Waals surface area contributed by atoms with E-state index >= 15 is 0 Å². The summed E-state index contributed by atoms with van der Waals surface area (Å²) < 4.78 is 11.8. The summed E-state index contributed by atoms with van der Waals surface area (Å²) in [6.45, 7) is 2.54. The van der Waals surface area contributed by atoms with E-state index in [0.29, 0.717) is 24.2 Å². The number of fused-ring (bicyclic) bond motifs is 3. The van der Waals surface area contributed by atoms with Crippen LogP contribution in [0.15, 0.2) is 29.3 Å². The first-order chi connectivity index (χ1) is 11.1. The van der Waals surface area contributed by atoms with Gasteiger partial charge in [-0.05, 0) is 18.9 Å². The molecule has 1 aromatic rings. The van der Waals surface area contributed by atoms with Gasteiger partial charge in [0.15, 0.2) is 11.6 Å². The van der Waals surface area contributed by atoms with Gasteiger partial charge in [0.25, 0.3) is 0 Å². The highest BCUT2D eigenvalue weighted by Gasteiger charge is 2.49. The number of carbonyl (C=O) groups excluding carboxylic acids is 2. The Bertz CT molecular complexity index is 733. The van der Waals surface area contributed by atoms with Crippen molar-refractivity contribution >= 4 is 11.6 Å². The molecule has 120 valence electrons. The van der Waals surface area contributed by atoms with Crippen molar-refractivity contribution in [2.24, 2.45) is 0 Å². The molecule has 1 aromatic carbocycles. The third-order valence-corrected chi connectivity index (χ3v) is 4.83. The number of phenolic OH excluding ortho intramolecular Hbond substituents is 1. The second-order valence-electron chi connectivity index (χ2n) is 6.22. The average molecular weight is 314 g/mol. The summed E-state index contributed by atoms with van der Waals surface area (Å²) in [5.41, 5.74) is 1.19. The van der Waals surface area contributed by atoms with Crippen molar-refractivity contribution in [1.29, 1.82) is 0 Å². The average Bonchev–Trinajstić information content (AvgIpc) is 2.99. The molecule has 3 atom stereocenters. The van der Waals surface area contributed by atoms with Gasteiger partial charge in [0.05, 0.1) is 24.4 Å². The van der Waals surface area contributed by atoms with Crippen LogP contribution in [-0.4, -0.2) is 41.6 Å². The van der Waals surface area contributed by atoms with Crippen LogP contribution in [0.4, 0.5) is 0 Å². The van der Waals surface area contributed by atoms with Gasteiger partial charge in [0, 0.05) is 16.7 Å². The Kier molecular flexibility index (Phi) is 3.36. The summed E-state index contributed by atoms with van der Waals surface area (Å²) in [6, 6.07) is 4.61. The first-order valence-electron chi connectivity index (χ1n) is 8.06. The lowest BCUT2D eigenvalue weighted by Crippen LogP contribution is -2.45. The molecule has 5 nitrogen and oxygen atoms in total. The summed E-state index contributed by atoms with van der Waals surface area (Å²) in [7, 11) is 0. The minimum atomic E-state index is -0.468. The highest BCUT2D eigenvalue weighted by atomic mass is 16.6. The Morgan fingerprint density at radius 2 is 2.04 bits per heavy atom. The monoisotopic (exact) mass is 314 g/mol. The zero-order valence-corrected chi connectivity index (χ0v) is 12.9. The van der Waals surface area contributed by atoms with Crippen LogP contribution in [0.5, 0.6) is 5.75 Å². The van der Waals surface area contributed by atoms with E-state index in [2.05, 4.69) is 0 Å². The molecule has 0 unspecified atom stereocenters. The molecule has 0 spiro atoms. The molecular formula is C18H18O5. The van der Waals surface area contributed by atoms with Crippen molar-refractivity contribution in [3.63, 3.8) is 0 Å². The lowest BCUT2D eigenvalue weighted by atomic mass is 9.76. The van der Waals surface area contributed by atoms with Gasteiger partial charge in [-0.15, -0.1) is 0 Å². The zero-order valence-electron chi connectivity index (χ0n) is 12.9. The summed E-state index contributed by atoms with van der Waals surface area (Å²) in [5.74, 6) is -0.677. The van der Waals surface area contributed by atoms with E-state index in [1.165, 1.54) is 6.07 Å². The predicted molar refractivity (Wildman–Crippen MR) is 81.7 cm³/mol. The number of aromatic hydroxyl groups is 1. The highest BCUT2D eigenvalue weighted by Crippen LogP contribution is 2.42. The molecule has 1 fully saturated rings. The third-order valence-electron chi connectivity index (χ3n) is 4.83. The van der Waals surface area contributed by atoms with Gasteiger partial charge < -0.3 is 14.6 Å². The number of Topliss-reactive ketones (excluding diaryl/α,β-unsaturated/α-hetero) is 2. The number of benzene rings is 1.